The number of barbiturate groups is 1. The first kappa shape index (κ1) is 24.3. The second kappa shape index (κ2) is 11.0. The highest BCUT2D eigenvalue weighted by atomic mass is 79.9. The van der Waals surface area contributed by atoms with Crippen molar-refractivity contribution in [2.24, 2.45) is 0 Å². The van der Waals surface area contributed by atoms with Gasteiger partial charge in [-0.25, -0.2) is 9.69 Å². The lowest BCUT2D eigenvalue weighted by molar-refractivity contribution is -0.122. The van der Waals surface area contributed by atoms with Gasteiger partial charge in [-0.2, -0.15) is 0 Å². The molecule has 32 heavy (non-hydrogen) atoms. The summed E-state index contributed by atoms with van der Waals surface area (Å²) >= 11 is 16.0. The number of benzene rings is 2. The molecule has 2 aromatic rings. The highest BCUT2D eigenvalue weighted by Crippen LogP contribution is 2.35. The second-order valence-corrected chi connectivity index (χ2v) is 8.89. The minimum absolute atomic E-state index is 0.215. The molecule has 0 spiro atoms. The van der Waals surface area contributed by atoms with Crippen LogP contribution in [0.2, 0.25) is 10.0 Å². The number of hydrogen-bond donors (Lipinski definition) is 1. The van der Waals surface area contributed by atoms with Crippen molar-refractivity contribution in [2.75, 3.05) is 11.5 Å². The highest BCUT2D eigenvalue weighted by Gasteiger charge is 2.36. The summed E-state index contributed by atoms with van der Waals surface area (Å²) in [5.74, 6) is -1.18. The Morgan fingerprint density at radius 2 is 1.69 bits per heavy atom. The van der Waals surface area contributed by atoms with Gasteiger partial charge in [-0.15, -0.1) is 0 Å². The molecule has 0 aliphatic carbocycles. The molecule has 1 fully saturated rings. The quantitative estimate of drug-likeness (QED) is 0.240. The number of halogens is 3. The molecule has 6 nitrogen and oxygen atoms in total. The van der Waals surface area contributed by atoms with Gasteiger partial charge in [0, 0.05) is 4.47 Å². The monoisotopic (exact) mass is 538 g/mol. The van der Waals surface area contributed by atoms with Gasteiger partial charge in [0.1, 0.15) is 5.57 Å². The third-order valence-corrected chi connectivity index (χ3v) is 5.85. The van der Waals surface area contributed by atoms with Crippen LogP contribution in [0.15, 0.2) is 46.4 Å². The van der Waals surface area contributed by atoms with Crippen molar-refractivity contribution >= 4 is 68.7 Å². The van der Waals surface area contributed by atoms with Crippen molar-refractivity contribution in [3.63, 3.8) is 0 Å². The molecule has 1 N–H and O–H groups in total. The van der Waals surface area contributed by atoms with Crippen LogP contribution in [0.3, 0.4) is 0 Å². The van der Waals surface area contributed by atoms with Crippen LogP contribution >= 0.6 is 39.1 Å². The van der Waals surface area contributed by atoms with E-state index in [1.165, 1.54) is 6.08 Å². The minimum Gasteiger partial charge on any atom is -0.490 e. The number of nitrogens with one attached hydrogen (secondary N) is 1. The van der Waals surface area contributed by atoms with Crippen LogP contribution in [0.4, 0.5) is 10.5 Å². The van der Waals surface area contributed by atoms with Gasteiger partial charge in [0.05, 0.1) is 22.3 Å². The second-order valence-electron chi connectivity index (χ2n) is 7.16. The number of ether oxygens (including phenoxy) is 1. The number of carbonyl (C=O) groups is 3. The third-order valence-electron chi connectivity index (χ3n) is 4.76. The lowest BCUT2D eigenvalue weighted by Gasteiger charge is -2.26. The van der Waals surface area contributed by atoms with Crippen LogP contribution in [0.25, 0.3) is 6.08 Å². The SMILES string of the molecule is CCCCCCOc1c(Cl)cc(/C=C2\C(=O)NC(=O)N(c3ccc(Br)cc3)C2=O)cc1Cl. The zero-order chi connectivity index (χ0) is 23.3. The summed E-state index contributed by atoms with van der Waals surface area (Å²) in [5.41, 5.74) is 0.548. The van der Waals surface area contributed by atoms with Gasteiger partial charge in [-0.05, 0) is 54.5 Å². The molecule has 0 bridgehead atoms. The molecular formula is C23H21BrCl2N2O4. The van der Waals surface area contributed by atoms with E-state index in [1.807, 2.05) is 0 Å². The Hall–Kier alpha value is -2.35. The van der Waals surface area contributed by atoms with E-state index in [-0.39, 0.29) is 15.6 Å². The van der Waals surface area contributed by atoms with E-state index in [0.717, 1.165) is 35.1 Å². The first-order valence-electron chi connectivity index (χ1n) is 10.1. The molecule has 4 amide bonds. The number of urea groups is 1. The van der Waals surface area contributed by atoms with E-state index in [9.17, 15) is 14.4 Å². The van der Waals surface area contributed by atoms with E-state index < -0.39 is 17.8 Å². The summed E-state index contributed by atoms with van der Waals surface area (Å²) in [6.45, 7) is 2.62. The molecule has 0 radical (unpaired) electrons. The van der Waals surface area contributed by atoms with Crippen LogP contribution in [0, 0.1) is 0 Å². The Bertz CT molecular complexity index is 1050. The molecule has 1 aliphatic heterocycles. The standard InChI is InChI=1S/C23H21BrCl2N2O4/c1-2-3-4-5-10-32-20-18(25)12-14(13-19(20)26)11-17-21(29)27-23(31)28(22(17)30)16-8-6-15(24)7-9-16/h6-9,11-13H,2-5,10H2,1H3,(H,27,29,31)/b17-11+. The number of carbonyl (C=O) groups excluding carboxylic acids is 3. The molecule has 1 aliphatic rings. The number of rotatable bonds is 8. The minimum atomic E-state index is -0.817. The summed E-state index contributed by atoms with van der Waals surface area (Å²) in [4.78, 5) is 38.5. The van der Waals surface area contributed by atoms with E-state index >= 15 is 0 Å². The van der Waals surface area contributed by atoms with Gasteiger partial charge in [-0.1, -0.05) is 65.3 Å². The molecule has 0 aromatic heterocycles. The molecule has 9 heteroatoms. The van der Waals surface area contributed by atoms with Gasteiger partial charge < -0.3 is 4.74 Å². The van der Waals surface area contributed by atoms with E-state index in [4.69, 9.17) is 27.9 Å². The molecular weight excluding hydrogens is 519 g/mol. The third kappa shape index (κ3) is 5.71. The van der Waals surface area contributed by atoms with Gasteiger partial charge in [0.2, 0.25) is 0 Å². The molecule has 1 saturated heterocycles. The fourth-order valence-electron chi connectivity index (χ4n) is 3.15. The number of amides is 4. The number of unbranched alkanes of at least 4 members (excludes halogenated alkanes) is 3. The maximum atomic E-state index is 13.0. The smallest absolute Gasteiger partial charge is 0.335 e. The van der Waals surface area contributed by atoms with Crippen molar-refractivity contribution in [1.29, 1.82) is 0 Å². The number of anilines is 1. The number of hydrogen-bond acceptors (Lipinski definition) is 4. The zero-order valence-electron chi connectivity index (χ0n) is 17.3. The Morgan fingerprint density at radius 3 is 2.31 bits per heavy atom. The lowest BCUT2D eigenvalue weighted by atomic mass is 10.1. The van der Waals surface area contributed by atoms with Gasteiger partial charge >= 0.3 is 6.03 Å². The molecule has 0 atom stereocenters. The van der Waals surface area contributed by atoms with Gasteiger partial charge in [0.15, 0.2) is 5.75 Å². The summed E-state index contributed by atoms with van der Waals surface area (Å²) < 4.78 is 6.50. The Balaban J connectivity index is 1.84. The van der Waals surface area contributed by atoms with Crippen molar-refractivity contribution < 1.29 is 19.1 Å². The van der Waals surface area contributed by atoms with Crippen LogP contribution in [0.1, 0.15) is 38.2 Å². The Morgan fingerprint density at radius 1 is 1.03 bits per heavy atom. The fourth-order valence-corrected chi connectivity index (χ4v) is 4.03. The largest absolute Gasteiger partial charge is 0.490 e. The maximum absolute atomic E-state index is 13.0. The van der Waals surface area contributed by atoms with Crippen molar-refractivity contribution in [3.8, 4) is 5.75 Å². The van der Waals surface area contributed by atoms with Crippen LogP contribution in [-0.2, 0) is 9.59 Å². The predicted octanol–water partition coefficient (Wildman–Crippen LogP) is 6.38. The van der Waals surface area contributed by atoms with Crippen LogP contribution < -0.4 is 15.0 Å². The summed E-state index contributed by atoms with van der Waals surface area (Å²) in [5, 5.41) is 2.72. The number of nitrogens with zero attached hydrogens (tertiary/aromatic N) is 1. The molecule has 2 aromatic carbocycles. The van der Waals surface area contributed by atoms with Crippen LogP contribution in [-0.4, -0.2) is 24.5 Å². The topological polar surface area (TPSA) is 75.7 Å². The van der Waals surface area contributed by atoms with Gasteiger partial charge in [-0.3, -0.25) is 14.9 Å². The molecule has 0 unspecified atom stereocenters. The fraction of sp³-hybridized carbons (Fsp3) is 0.261. The average molecular weight is 540 g/mol. The van der Waals surface area contributed by atoms with E-state index in [0.29, 0.717) is 23.6 Å². The highest BCUT2D eigenvalue weighted by molar-refractivity contribution is 9.10. The van der Waals surface area contributed by atoms with E-state index in [1.54, 1.807) is 36.4 Å². The predicted molar refractivity (Wildman–Crippen MR) is 129 cm³/mol. The summed E-state index contributed by atoms with van der Waals surface area (Å²) in [7, 11) is 0. The molecule has 1 heterocycles. The Labute approximate surface area is 204 Å². The van der Waals surface area contributed by atoms with Crippen molar-refractivity contribution in [2.45, 2.75) is 32.6 Å². The van der Waals surface area contributed by atoms with E-state index in [2.05, 4.69) is 28.2 Å². The normalized spacial score (nSPS) is 15.3. The Kier molecular flexibility index (Phi) is 8.34. The first-order chi connectivity index (χ1) is 15.3. The molecule has 168 valence electrons. The van der Waals surface area contributed by atoms with Gasteiger partial charge in [0.25, 0.3) is 11.8 Å². The summed E-state index contributed by atoms with van der Waals surface area (Å²) in [6, 6.07) is 8.87. The summed E-state index contributed by atoms with van der Waals surface area (Å²) in [6.07, 6.45) is 5.55. The van der Waals surface area contributed by atoms with Crippen molar-refractivity contribution in [3.05, 3.63) is 62.1 Å². The number of imide groups is 2. The maximum Gasteiger partial charge on any atom is 0.335 e. The van der Waals surface area contributed by atoms with Crippen molar-refractivity contribution in [1.82, 2.24) is 5.32 Å². The zero-order valence-corrected chi connectivity index (χ0v) is 20.4. The lowest BCUT2D eigenvalue weighted by Crippen LogP contribution is -2.54. The average Bonchev–Trinajstić information content (AvgIpc) is 2.74. The molecule has 3 rings (SSSR count). The first-order valence-corrected chi connectivity index (χ1v) is 11.7. The van der Waals surface area contributed by atoms with Crippen LogP contribution in [0.5, 0.6) is 5.75 Å². The molecule has 0 saturated carbocycles.